The Morgan fingerprint density at radius 1 is 1.18 bits per heavy atom. The van der Waals surface area contributed by atoms with Crippen LogP contribution >= 0.6 is 36.0 Å². The average Bonchev–Trinajstić information content (AvgIpc) is 2.51. The van der Waals surface area contributed by atoms with Crippen molar-refractivity contribution in [1.29, 1.82) is 0 Å². The minimum absolute atomic E-state index is 0.243. The summed E-state index contributed by atoms with van der Waals surface area (Å²) in [5, 5.41) is 7.29. The van der Waals surface area contributed by atoms with Crippen molar-refractivity contribution in [2.24, 2.45) is 0 Å². The van der Waals surface area contributed by atoms with Crippen molar-refractivity contribution in [3.63, 3.8) is 0 Å². The smallest absolute Gasteiger partial charge is 0.305 e. The number of benzene rings is 1. The summed E-state index contributed by atoms with van der Waals surface area (Å²) >= 11 is 16.0. The Labute approximate surface area is 144 Å². The van der Waals surface area contributed by atoms with Gasteiger partial charge in [0.15, 0.2) is 10.2 Å². The molecule has 0 aliphatic carbocycles. The van der Waals surface area contributed by atoms with E-state index in [1.54, 1.807) is 24.3 Å². The van der Waals surface area contributed by atoms with Crippen LogP contribution < -0.4 is 21.5 Å². The van der Waals surface area contributed by atoms with Crippen molar-refractivity contribution in [1.82, 2.24) is 16.2 Å². The van der Waals surface area contributed by atoms with Gasteiger partial charge in [0.1, 0.15) is 0 Å². The zero-order valence-electron chi connectivity index (χ0n) is 11.9. The number of anilines is 1. The summed E-state index contributed by atoms with van der Waals surface area (Å²) in [6.07, 6.45) is 0.970. The second-order valence-electron chi connectivity index (χ2n) is 4.15. The minimum Gasteiger partial charge on any atom is -0.469 e. The number of hydrogen-bond acceptors (Lipinski definition) is 4. The van der Waals surface area contributed by atoms with Crippen LogP contribution in [0.3, 0.4) is 0 Å². The van der Waals surface area contributed by atoms with Crippen molar-refractivity contribution in [3.8, 4) is 0 Å². The summed E-state index contributed by atoms with van der Waals surface area (Å²) in [7, 11) is 1.36. The van der Waals surface area contributed by atoms with Crippen LogP contribution in [0, 0.1) is 0 Å². The van der Waals surface area contributed by atoms with Gasteiger partial charge in [-0.3, -0.25) is 15.6 Å². The molecule has 22 heavy (non-hydrogen) atoms. The van der Waals surface area contributed by atoms with Gasteiger partial charge < -0.3 is 15.4 Å². The van der Waals surface area contributed by atoms with Gasteiger partial charge in [0.25, 0.3) is 0 Å². The minimum atomic E-state index is -0.243. The molecule has 0 saturated heterocycles. The van der Waals surface area contributed by atoms with E-state index in [4.69, 9.17) is 36.0 Å². The molecular formula is C13H17ClN4O2S2. The Hall–Kier alpha value is -1.64. The molecule has 1 rings (SSSR count). The molecule has 0 fully saturated rings. The van der Waals surface area contributed by atoms with Gasteiger partial charge in [-0.15, -0.1) is 0 Å². The number of hydrazine groups is 1. The number of rotatable bonds is 5. The maximum atomic E-state index is 10.9. The van der Waals surface area contributed by atoms with Crippen molar-refractivity contribution < 1.29 is 9.53 Å². The molecule has 0 unspecified atom stereocenters. The summed E-state index contributed by atoms with van der Waals surface area (Å²) in [6, 6.07) is 7.13. The molecule has 6 nitrogen and oxygen atoms in total. The predicted molar refractivity (Wildman–Crippen MR) is 95.8 cm³/mol. The highest BCUT2D eigenvalue weighted by Crippen LogP contribution is 2.12. The highest BCUT2D eigenvalue weighted by molar-refractivity contribution is 7.80. The van der Waals surface area contributed by atoms with Crippen LogP contribution in [-0.4, -0.2) is 29.8 Å². The quantitative estimate of drug-likeness (QED) is 0.275. The van der Waals surface area contributed by atoms with Gasteiger partial charge in [0.2, 0.25) is 0 Å². The third kappa shape index (κ3) is 7.96. The van der Waals surface area contributed by atoms with Gasteiger partial charge in [0, 0.05) is 23.7 Å². The van der Waals surface area contributed by atoms with Crippen molar-refractivity contribution in [2.45, 2.75) is 12.8 Å². The second-order valence-corrected chi connectivity index (χ2v) is 5.40. The maximum Gasteiger partial charge on any atom is 0.305 e. The lowest BCUT2D eigenvalue weighted by molar-refractivity contribution is -0.140. The number of thiocarbonyl (C=S) groups is 2. The summed E-state index contributed by atoms with van der Waals surface area (Å²) in [6.45, 7) is 0.556. The Morgan fingerprint density at radius 2 is 1.82 bits per heavy atom. The molecule has 0 atom stereocenters. The van der Waals surface area contributed by atoms with Crippen LogP contribution in [-0.2, 0) is 9.53 Å². The van der Waals surface area contributed by atoms with E-state index in [9.17, 15) is 4.79 Å². The number of ether oxygens (including phenoxy) is 1. The number of carbonyl (C=O) groups is 1. The summed E-state index contributed by atoms with van der Waals surface area (Å²) in [4.78, 5) is 10.9. The first-order chi connectivity index (χ1) is 10.5. The molecule has 0 aliphatic heterocycles. The average molecular weight is 361 g/mol. The van der Waals surface area contributed by atoms with Gasteiger partial charge in [-0.05, 0) is 55.1 Å². The van der Waals surface area contributed by atoms with E-state index < -0.39 is 0 Å². The molecule has 9 heteroatoms. The zero-order chi connectivity index (χ0) is 16.4. The highest BCUT2D eigenvalue weighted by atomic mass is 35.5. The fourth-order valence-electron chi connectivity index (χ4n) is 1.39. The largest absolute Gasteiger partial charge is 0.469 e. The van der Waals surface area contributed by atoms with Crippen LogP contribution in [0.1, 0.15) is 12.8 Å². The molecule has 120 valence electrons. The van der Waals surface area contributed by atoms with Gasteiger partial charge in [-0.1, -0.05) is 11.6 Å². The second kappa shape index (κ2) is 10.1. The Bertz CT molecular complexity index is 525. The number of esters is 1. The molecule has 4 N–H and O–H groups in total. The topological polar surface area (TPSA) is 74.4 Å². The number of methoxy groups -OCH3 is 1. The SMILES string of the molecule is COC(=O)CCCNC(=S)NNC(=S)Nc1ccc(Cl)cc1. The fourth-order valence-corrected chi connectivity index (χ4v) is 1.84. The Kier molecular flexibility index (Phi) is 8.49. The molecule has 0 radical (unpaired) electrons. The molecule has 0 bridgehead atoms. The lowest BCUT2D eigenvalue weighted by Gasteiger charge is -2.14. The molecule has 0 spiro atoms. The Balaban J connectivity index is 2.16. The van der Waals surface area contributed by atoms with E-state index >= 15 is 0 Å². The van der Waals surface area contributed by atoms with Crippen LogP contribution in [0.15, 0.2) is 24.3 Å². The molecule has 0 aliphatic rings. The van der Waals surface area contributed by atoms with Gasteiger partial charge in [0.05, 0.1) is 7.11 Å². The standard InChI is InChI=1S/C13H17ClN4O2S2/c1-20-11(19)3-2-8-15-12(21)17-18-13(22)16-10-6-4-9(14)5-7-10/h4-7H,2-3,8H2,1H3,(H2,15,17,21)(H2,16,18,22). The van der Waals surface area contributed by atoms with Crippen molar-refractivity contribution in [2.75, 3.05) is 19.0 Å². The first kappa shape index (κ1) is 18.4. The lowest BCUT2D eigenvalue weighted by atomic mass is 10.3. The third-order valence-electron chi connectivity index (χ3n) is 2.46. The summed E-state index contributed by atoms with van der Waals surface area (Å²) in [5.41, 5.74) is 6.30. The zero-order valence-corrected chi connectivity index (χ0v) is 14.3. The maximum absolute atomic E-state index is 10.9. The van der Waals surface area contributed by atoms with Crippen LogP contribution in [0.4, 0.5) is 5.69 Å². The molecule has 0 aromatic heterocycles. The van der Waals surface area contributed by atoms with Crippen molar-refractivity contribution >= 4 is 57.9 Å². The highest BCUT2D eigenvalue weighted by Gasteiger charge is 2.01. The predicted octanol–water partition coefficient (Wildman–Crippen LogP) is 1.96. The van der Waals surface area contributed by atoms with E-state index in [2.05, 4.69) is 26.2 Å². The molecule has 1 aromatic carbocycles. The van der Waals surface area contributed by atoms with E-state index in [0.717, 1.165) is 5.69 Å². The molecular weight excluding hydrogens is 344 g/mol. The van der Waals surface area contributed by atoms with Gasteiger partial charge >= 0.3 is 5.97 Å². The van der Waals surface area contributed by atoms with Gasteiger partial charge in [-0.2, -0.15) is 0 Å². The van der Waals surface area contributed by atoms with E-state index in [-0.39, 0.29) is 5.97 Å². The van der Waals surface area contributed by atoms with Crippen LogP contribution in [0.5, 0.6) is 0 Å². The summed E-state index contributed by atoms with van der Waals surface area (Å²) < 4.78 is 4.54. The summed E-state index contributed by atoms with van der Waals surface area (Å²) in [5.74, 6) is -0.243. The van der Waals surface area contributed by atoms with E-state index in [0.29, 0.717) is 34.6 Å². The van der Waals surface area contributed by atoms with Crippen molar-refractivity contribution in [3.05, 3.63) is 29.3 Å². The molecule has 0 amide bonds. The van der Waals surface area contributed by atoms with Crippen LogP contribution in [0.25, 0.3) is 0 Å². The lowest BCUT2D eigenvalue weighted by Crippen LogP contribution is -2.48. The normalized spacial score (nSPS) is 9.55. The first-order valence-electron chi connectivity index (χ1n) is 6.44. The van der Waals surface area contributed by atoms with Gasteiger partial charge in [-0.25, -0.2) is 0 Å². The van der Waals surface area contributed by atoms with E-state index in [1.807, 2.05) is 0 Å². The van der Waals surface area contributed by atoms with Crippen LogP contribution in [0.2, 0.25) is 5.02 Å². The molecule has 0 saturated carbocycles. The molecule has 1 aromatic rings. The monoisotopic (exact) mass is 360 g/mol. The number of hydrogen-bond donors (Lipinski definition) is 4. The Morgan fingerprint density at radius 3 is 2.45 bits per heavy atom. The first-order valence-corrected chi connectivity index (χ1v) is 7.64. The van der Waals surface area contributed by atoms with E-state index in [1.165, 1.54) is 7.11 Å². The number of nitrogens with one attached hydrogen (secondary N) is 4. The molecule has 0 heterocycles. The number of carbonyl (C=O) groups excluding carboxylic acids is 1. The fraction of sp³-hybridized carbons (Fsp3) is 0.308. The number of halogens is 1. The third-order valence-corrected chi connectivity index (χ3v) is 3.17.